The fourth-order valence-corrected chi connectivity index (χ4v) is 4.91. The van der Waals surface area contributed by atoms with Crippen molar-refractivity contribution in [1.82, 2.24) is 9.21 Å². The van der Waals surface area contributed by atoms with E-state index in [0.717, 1.165) is 5.56 Å². The van der Waals surface area contributed by atoms with Crippen molar-refractivity contribution in [1.29, 1.82) is 0 Å². The molecular formula is C20H24ClN3O3S. The standard InChI is InChI=1S/C20H24ClN3O3S/c1-16(20(25)22-19-10-6-5-9-18(19)21)23-11-13-24(14-12-23)28(26,27)15-17-7-3-2-4-8-17/h2-10,16H,11-15H2,1H3,(H,22,25)/t16-/m0/s1. The number of nitrogens with zero attached hydrogens (tertiary/aromatic N) is 2. The van der Waals surface area contributed by atoms with Gasteiger partial charge in [-0.15, -0.1) is 0 Å². The van der Waals surface area contributed by atoms with Gasteiger partial charge in [0.25, 0.3) is 0 Å². The molecule has 150 valence electrons. The van der Waals surface area contributed by atoms with Crippen molar-refractivity contribution in [2.24, 2.45) is 0 Å². The Balaban J connectivity index is 1.55. The zero-order chi connectivity index (χ0) is 20.1. The van der Waals surface area contributed by atoms with Crippen LogP contribution < -0.4 is 5.32 Å². The molecule has 6 nitrogen and oxygen atoms in total. The first kappa shape index (κ1) is 20.8. The molecule has 1 amide bonds. The van der Waals surface area contributed by atoms with Gasteiger partial charge in [0.15, 0.2) is 0 Å². The van der Waals surface area contributed by atoms with E-state index in [0.29, 0.717) is 36.9 Å². The molecule has 1 fully saturated rings. The molecule has 1 N–H and O–H groups in total. The quantitative estimate of drug-likeness (QED) is 0.778. The van der Waals surface area contributed by atoms with Gasteiger partial charge >= 0.3 is 0 Å². The van der Waals surface area contributed by atoms with Gasteiger partial charge < -0.3 is 5.32 Å². The van der Waals surface area contributed by atoms with Crippen LogP contribution in [0.15, 0.2) is 54.6 Å². The highest BCUT2D eigenvalue weighted by atomic mass is 35.5. The fourth-order valence-electron chi connectivity index (χ4n) is 3.21. The van der Waals surface area contributed by atoms with Crippen LogP contribution in [-0.4, -0.2) is 55.8 Å². The Kier molecular flexibility index (Phi) is 6.72. The smallest absolute Gasteiger partial charge is 0.241 e. The van der Waals surface area contributed by atoms with Crippen LogP contribution in [0.2, 0.25) is 5.02 Å². The largest absolute Gasteiger partial charge is 0.323 e. The van der Waals surface area contributed by atoms with Gasteiger partial charge in [-0.05, 0) is 24.6 Å². The minimum atomic E-state index is -3.37. The molecule has 0 bridgehead atoms. The first-order valence-corrected chi connectivity index (χ1v) is 11.2. The number of piperazine rings is 1. The fraction of sp³-hybridized carbons (Fsp3) is 0.350. The maximum Gasteiger partial charge on any atom is 0.241 e. The number of para-hydroxylation sites is 1. The van der Waals surface area contributed by atoms with Crippen LogP contribution in [0, 0.1) is 0 Å². The molecule has 1 saturated heterocycles. The summed E-state index contributed by atoms with van der Waals surface area (Å²) < 4.78 is 26.8. The number of carbonyl (C=O) groups is 1. The minimum absolute atomic E-state index is 0.00359. The molecule has 0 aromatic heterocycles. The second-order valence-corrected chi connectivity index (χ2v) is 9.20. The lowest BCUT2D eigenvalue weighted by Crippen LogP contribution is -2.54. The van der Waals surface area contributed by atoms with Gasteiger partial charge in [-0.1, -0.05) is 54.1 Å². The predicted octanol–water partition coefficient (Wildman–Crippen LogP) is 2.81. The monoisotopic (exact) mass is 421 g/mol. The van der Waals surface area contributed by atoms with Gasteiger partial charge in [-0.2, -0.15) is 4.31 Å². The highest BCUT2D eigenvalue weighted by Crippen LogP contribution is 2.21. The summed E-state index contributed by atoms with van der Waals surface area (Å²) in [5.41, 5.74) is 1.35. The van der Waals surface area contributed by atoms with Crippen molar-refractivity contribution < 1.29 is 13.2 Å². The zero-order valence-corrected chi connectivity index (χ0v) is 17.3. The lowest BCUT2D eigenvalue weighted by Gasteiger charge is -2.36. The van der Waals surface area contributed by atoms with Crippen LogP contribution >= 0.6 is 11.6 Å². The summed E-state index contributed by atoms with van der Waals surface area (Å²) >= 11 is 6.09. The average Bonchev–Trinajstić information content (AvgIpc) is 2.69. The van der Waals surface area contributed by atoms with Crippen molar-refractivity contribution in [2.45, 2.75) is 18.7 Å². The lowest BCUT2D eigenvalue weighted by atomic mass is 10.2. The molecule has 1 aliphatic heterocycles. The van der Waals surface area contributed by atoms with Crippen LogP contribution in [0.5, 0.6) is 0 Å². The Hall–Kier alpha value is -1.93. The molecule has 1 atom stereocenters. The third-order valence-corrected chi connectivity index (χ3v) is 7.10. The predicted molar refractivity (Wildman–Crippen MR) is 112 cm³/mol. The van der Waals surface area contributed by atoms with Gasteiger partial charge in [0.1, 0.15) is 0 Å². The number of benzene rings is 2. The molecular weight excluding hydrogens is 398 g/mol. The summed E-state index contributed by atoms with van der Waals surface area (Å²) in [5, 5.41) is 3.32. The van der Waals surface area contributed by atoms with Gasteiger partial charge in [-0.25, -0.2) is 8.42 Å². The Morgan fingerprint density at radius 2 is 1.64 bits per heavy atom. The zero-order valence-electron chi connectivity index (χ0n) is 15.7. The van der Waals surface area contributed by atoms with Crippen molar-refractivity contribution in [3.05, 3.63) is 65.2 Å². The third kappa shape index (κ3) is 5.11. The van der Waals surface area contributed by atoms with Crippen molar-refractivity contribution >= 4 is 33.2 Å². The summed E-state index contributed by atoms with van der Waals surface area (Å²) in [6, 6.07) is 15.9. The molecule has 0 radical (unpaired) electrons. The Bertz CT molecular complexity index is 913. The Morgan fingerprint density at radius 1 is 1.04 bits per heavy atom. The van der Waals surface area contributed by atoms with Gasteiger partial charge in [-0.3, -0.25) is 9.69 Å². The van der Waals surface area contributed by atoms with E-state index in [9.17, 15) is 13.2 Å². The third-order valence-electron chi connectivity index (χ3n) is 4.92. The number of nitrogens with one attached hydrogen (secondary N) is 1. The molecule has 0 saturated carbocycles. The maximum absolute atomic E-state index is 12.7. The molecule has 0 spiro atoms. The molecule has 0 unspecified atom stereocenters. The molecule has 0 aliphatic carbocycles. The molecule has 1 heterocycles. The lowest BCUT2D eigenvalue weighted by molar-refractivity contribution is -0.121. The summed E-state index contributed by atoms with van der Waals surface area (Å²) in [6.45, 7) is 3.58. The van der Waals surface area contributed by atoms with Gasteiger partial charge in [0.2, 0.25) is 15.9 Å². The first-order valence-electron chi connectivity index (χ1n) is 9.18. The maximum atomic E-state index is 12.7. The number of halogens is 1. The van der Waals surface area contributed by atoms with Crippen LogP contribution in [0.3, 0.4) is 0 Å². The van der Waals surface area contributed by atoms with E-state index in [-0.39, 0.29) is 17.7 Å². The average molecular weight is 422 g/mol. The number of anilines is 1. The van der Waals surface area contributed by atoms with E-state index >= 15 is 0 Å². The number of carbonyl (C=O) groups excluding carboxylic acids is 1. The number of rotatable bonds is 6. The van der Waals surface area contributed by atoms with Crippen LogP contribution in [0.25, 0.3) is 0 Å². The van der Waals surface area contributed by atoms with E-state index in [4.69, 9.17) is 11.6 Å². The van der Waals surface area contributed by atoms with E-state index in [1.54, 1.807) is 18.2 Å². The van der Waals surface area contributed by atoms with E-state index in [2.05, 4.69) is 5.32 Å². The molecule has 28 heavy (non-hydrogen) atoms. The second-order valence-electron chi connectivity index (χ2n) is 6.82. The van der Waals surface area contributed by atoms with Crippen molar-refractivity contribution in [3.8, 4) is 0 Å². The van der Waals surface area contributed by atoms with Crippen LogP contribution in [-0.2, 0) is 20.6 Å². The SMILES string of the molecule is C[C@@H](C(=O)Nc1ccccc1Cl)N1CCN(S(=O)(=O)Cc2ccccc2)CC1. The normalized spacial score (nSPS) is 17.2. The van der Waals surface area contributed by atoms with E-state index in [1.807, 2.05) is 48.2 Å². The van der Waals surface area contributed by atoms with Crippen LogP contribution in [0.4, 0.5) is 5.69 Å². The molecule has 2 aromatic carbocycles. The topological polar surface area (TPSA) is 69.7 Å². The highest BCUT2D eigenvalue weighted by Gasteiger charge is 2.31. The number of hydrogen-bond donors (Lipinski definition) is 1. The molecule has 8 heteroatoms. The van der Waals surface area contributed by atoms with E-state index in [1.165, 1.54) is 4.31 Å². The first-order chi connectivity index (χ1) is 13.4. The number of sulfonamides is 1. The van der Waals surface area contributed by atoms with Gasteiger partial charge in [0.05, 0.1) is 22.5 Å². The summed E-state index contributed by atoms with van der Waals surface area (Å²) in [6.07, 6.45) is 0. The Morgan fingerprint density at radius 3 is 2.29 bits per heavy atom. The Labute approximate surface area is 171 Å². The number of amides is 1. The molecule has 1 aliphatic rings. The summed E-state index contributed by atoms with van der Waals surface area (Å²) in [7, 11) is -3.37. The van der Waals surface area contributed by atoms with E-state index < -0.39 is 10.0 Å². The minimum Gasteiger partial charge on any atom is -0.323 e. The molecule has 2 aromatic rings. The summed E-state index contributed by atoms with van der Waals surface area (Å²) in [4.78, 5) is 14.5. The van der Waals surface area contributed by atoms with Crippen molar-refractivity contribution in [3.63, 3.8) is 0 Å². The summed E-state index contributed by atoms with van der Waals surface area (Å²) in [5.74, 6) is -0.162. The second kappa shape index (κ2) is 9.05. The van der Waals surface area contributed by atoms with Crippen molar-refractivity contribution in [2.75, 3.05) is 31.5 Å². The molecule has 3 rings (SSSR count). The highest BCUT2D eigenvalue weighted by molar-refractivity contribution is 7.88. The van der Waals surface area contributed by atoms with Crippen LogP contribution in [0.1, 0.15) is 12.5 Å². The van der Waals surface area contributed by atoms with Gasteiger partial charge in [0, 0.05) is 26.2 Å². The number of hydrogen-bond acceptors (Lipinski definition) is 4.